The highest BCUT2D eigenvalue weighted by Gasteiger charge is 2.32. The molecule has 1 unspecified atom stereocenters. The lowest BCUT2D eigenvalue weighted by atomic mass is 10.3. The molecule has 0 bridgehead atoms. The predicted octanol–water partition coefficient (Wildman–Crippen LogP) is 0.965. The van der Waals surface area contributed by atoms with Crippen LogP contribution in [0.2, 0.25) is 0 Å². The number of rotatable bonds is 5. The standard InChI is InChI=1S/C9H12F3N3O2/c1-2-13-7(8(16)17)5-15-4-6(3-14-15)9(10,11)12/h3-4,7,13H,2,5H2,1H3,(H,16,17). The first-order chi connectivity index (χ1) is 7.84. The Labute approximate surface area is 95.2 Å². The summed E-state index contributed by atoms with van der Waals surface area (Å²) in [6.07, 6.45) is -3.01. The highest BCUT2D eigenvalue weighted by molar-refractivity contribution is 5.73. The van der Waals surface area contributed by atoms with Crippen LogP contribution in [0.1, 0.15) is 12.5 Å². The summed E-state index contributed by atoms with van der Waals surface area (Å²) in [4.78, 5) is 10.8. The first-order valence-corrected chi connectivity index (χ1v) is 4.90. The summed E-state index contributed by atoms with van der Waals surface area (Å²) in [6, 6.07) is -0.957. The van der Waals surface area contributed by atoms with Gasteiger partial charge < -0.3 is 10.4 Å². The average Bonchev–Trinajstić information content (AvgIpc) is 2.64. The van der Waals surface area contributed by atoms with Gasteiger partial charge in [-0.15, -0.1) is 0 Å². The minimum atomic E-state index is -4.46. The summed E-state index contributed by atoms with van der Waals surface area (Å²) in [7, 11) is 0. The molecule has 5 nitrogen and oxygen atoms in total. The smallest absolute Gasteiger partial charge is 0.419 e. The maximum Gasteiger partial charge on any atom is 0.419 e. The lowest BCUT2D eigenvalue weighted by Gasteiger charge is -2.12. The molecule has 2 N–H and O–H groups in total. The van der Waals surface area contributed by atoms with Crippen molar-refractivity contribution in [3.63, 3.8) is 0 Å². The van der Waals surface area contributed by atoms with Gasteiger partial charge in [-0.05, 0) is 6.54 Å². The van der Waals surface area contributed by atoms with Crippen LogP contribution in [0.25, 0.3) is 0 Å². The van der Waals surface area contributed by atoms with Crippen LogP contribution in [0.5, 0.6) is 0 Å². The normalized spacial score (nSPS) is 13.6. The fraction of sp³-hybridized carbons (Fsp3) is 0.556. The van der Waals surface area contributed by atoms with Gasteiger partial charge in [0.05, 0.1) is 18.3 Å². The van der Waals surface area contributed by atoms with Gasteiger partial charge in [0.2, 0.25) is 0 Å². The molecule has 17 heavy (non-hydrogen) atoms. The van der Waals surface area contributed by atoms with E-state index < -0.39 is 23.8 Å². The lowest BCUT2D eigenvalue weighted by molar-refractivity contribution is -0.139. The Morgan fingerprint density at radius 1 is 1.65 bits per heavy atom. The van der Waals surface area contributed by atoms with Gasteiger partial charge in [0, 0.05) is 6.20 Å². The van der Waals surface area contributed by atoms with Crippen LogP contribution < -0.4 is 5.32 Å². The molecule has 0 aliphatic rings. The van der Waals surface area contributed by atoms with Gasteiger partial charge in [-0.2, -0.15) is 18.3 Å². The number of nitrogens with one attached hydrogen (secondary N) is 1. The Bertz CT molecular complexity index is 389. The summed E-state index contributed by atoms with van der Waals surface area (Å²) in [5, 5.41) is 14.9. The quantitative estimate of drug-likeness (QED) is 0.818. The van der Waals surface area contributed by atoms with Crippen molar-refractivity contribution in [1.29, 1.82) is 0 Å². The Kier molecular flexibility index (Phi) is 4.11. The first-order valence-electron chi connectivity index (χ1n) is 4.90. The molecule has 0 amide bonds. The molecule has 0 radical (unpaired) electrons. The lowest BCUT2D eigenvalue weighted by Crippen LogP contribution is -2.40. The molecule has 0 aromatic carbocycles. The molecule has 0 spiro atoms. The number of carboxylic acids is 1. The molecule has 0 fully saturated rings. The molecule has 1 atom stereocenters. The van der Waals surface area contributed by atoms with E-state index in [-0.39, 0.29) is 6.54 Å². The zero-order valence-electron chi connectivity index (χ0n) is 9.03. The maximum absolute atomic E-state index is 12.3. The van der Waals surface area contributed by atoms with Crippen LogP contribution in [0.15, 0.2) is 12.4 Å². The average molecular weight is 251 g/mol. The largest absolute Gasteiger partial charge is 0.480 e. The van der Waals surface area contributed by atoms with E-state index in [1.807, 2.05) is 0 Å². The number of nitrogens with zero attached hydrogens (tertiary/aromatic N) is 2. The van der Waals surface area contributed by atoms with Crippen LogP contribution in [-0.4, -0.2) is 33.4 Å². The van der Waals surface area contributed by atoms with Crippen molar-refractivity contribution in [2.45, 2.75) is 25.7 Å². The van der Waals surface area contributed by atoms with Crippen molar-refractivity contribution in [1.82, 2.24) is 15.1 Å². The Morgan fingerprint density at radius 2 is 2.29 bits per heavy atom. The van der Waals surface area contributed by atoms with Crippen LogP contribution in [0, 0.1) is 0 Å². The van der Waals surface area contributed by atoms with Crippen LogP contribution in [-0.2, 0) is 17.5 Å². The molecular formula is C9H12F3N3O2. The van der Waals surface area contributed by atoms with Crippen LogP contribution in [0.4, 0.5) is 13.2 Å². The van der Waals surface area contributed by atoms with Crippen molar-refractivity contribution in [2.75, 3.05) is 6.54 Å². The second kappa shape index (κ2) is 5.17. The molecule has 8 heteroatoms. The van der Waals surface area contributed by atoms with Gasteiger partial charge in [0.25, 0.3) is 0 Å². The molecule has 1 aromatic rings. The Hall–Kier alpha value is -1.57. The van der Waals surface area contributed by atoms with Gasteiger partial charge >= 0.3 is 12.1 Å². The van der Waals surface area contributed by atoms with E-state index in [1.165, 1.54) is 0 Å². The zero-order valence-corrected chi connectivity index (χ0v) is 9.03. The van der Waals surface area contributed by atoms with Gasteiger partial charge in [0.15, 0.2) is 0 Å². The highest BCUT2D eigenvalue weighted by Crippen LogP contribution is 2.28. The minimum Gasteiger partial charge on any atom is -0.480 e. The number of hydrogen-bond acceptors (Lipinski definition) is 3. The van der Waals surface area contributed by atoms with Crippen molar-refractivity contribution in [2.24, 2.45) is 0 Å². The summed E-state index contributed by atoms with van der Waals surface area (Å²) in [5.41, 5.74) is -0.891. The monoisotopic (exact) mass is 251 g/mol. The van der Waals surface area contributed by atoms with Gasteiger partial charge in [-0.1, -0.05) is 6.92 Å². The molecule has 1 heterocycles. The Morgan fingerprint density at radius 3 is 2.71 bits per heavy atom. The highest BCUT2D eigenvalue weighted by atomic mass is 19.4. The van der Waals surface area contributed by atoms with E-state index in [2.05, 4.69) is 10.4 Å². The van der Waals surface area contributed by atoms with E-state index in [9.17, 15) is 18.0 Å². The molecule has 0 saturated heterocycles. The second-order valence-corrected chi connectivity index (χ2v) is 3.40. The molecular weight excluding hydrogens is 239 g/mol. The van der Waals surface area contributed by atoms with Crippen LogP contribution >= 0.6 is 0 Å². The van der Waals surface area contributed by atoms with Gasteiger partial charge in [-0.25, -0.2) is 0 Å². The van der Waals surface area contributed by atoms with Crippen molar-refractivity contribution in [3.8, 4) is 0 Å². The van der Waals surface area contributed by atoms with Crippen molar-refractivity contribution >= 4 is 5.97 Å². The van der Waals surface area contributed by atoms with E-state index in [4.69, 9.17) is 5.11 Å². The number of hydrogen-bond donors (Lipinski definition) is 2. The second-order valence-electron chi connectivity index (χ2n) is 3.40. The van der Waals surface area contributed by atoms with Crippen molar-refractivity contribution in [3.05, 3.63) is 18.0 Å². The van der Waals surface area contributed by atoms with Crippen molar-refractivity contribution < 1.29 is 23.1 Å². The number of likely N-dealkylation sites (N-methyl/N-ethyl adjacent to an activating group) is 1. The molecule has 0 aliphatic carbocycles. The number of carboxylic acid groups (broad SMARTS) is 1. The first kappa shape index (κ1) is 13.5. The SMILES string of the molecule is CCNC(Cn1cc(C(F)(F)F)cn1)C(=O)O. The van der Waals surface area contributed by atoms with Crippen LogP contribution in [0.3, 0.4) is 0 Å². The zero-order chi connectivity index (χ0) is 13.1. The topological polar surface area (TPSA) is 67.2 Å². The summed E-state index contributed by atoms with van der Waals surface area (Å²) in [5.74, 6) is -1.13. The fourth-order valence-electron chi connectivity index (χ4n) is 1.27. The predicted molar refractivity (Wildman–Crippen MR) is 52.3 cm³/mol. The van der Waals surface area contributed by atoms with E-state index in [1.54, 1.807) is 6.92 Å². The molecule has 0 aliphatic heterocycles. The molecule has 96 valence electrons. The molecule has 1 rings (SSSR count). The van der Waals surface area contributed by atoms with E-state index in [0.29, 0.717) is 12.7 Å². The summed E-state index contributed by atoms with van der Waals surface area (Å²) < 4.78 is 37.7. The maximum atomic E-state index is 12.3. The third-order valence-electron chi connectivity index (χ3n) is 2.08. The van der Waals surface area contributed by atoms with E-state index >= 15 is 0 Å². The third kappa shape index (κ3) is 3.74. The molecule has 0 saturated carbocycles. The minimum absolute atomic E-state index is 0.154. The molecule has 1 aromatic heterocycles. The van der Waals surface area contributed by atoms with Gasteiger partial charge in [-0.3, -0.25) is 9.48 Å². The van der Waals surface area contributed by atoms with E-state index in [0.717, 1.165) is 10.9 Å². The fourth-order valence-corrected chi connectivity index (χ4v) is 1.27. The summed E-state index contributed by atoms with van der Waals surface area (Å²) >= 11 is 0. The summed E-state index contributed by atoms with van der Waals surface area (Å²) in [6.45, 7) is 1.96. The number of aliphatic carboxylic acids is 1. The number of aromatic nitrogens is 2. The number of halogens is 3. The third-order valence-corrected chi connectivity index (χ3v) is 2.08. The Balaban J connectivity index is 2.74. The van der Waals surface area contributed by atoms with Gasteiger partial charge in [0.1, 0.15) is 6.04 Å². The number of alkyl halides is 3. The number of carbonyl (C=O) groups is 1.